The van der Waals surface area contributed by atoms with Crippen LogP contribution in [0.25, 0.3) is 0 Å². The van der Waals surface area contributed by atoms with Crippen LogP contribution in [0.1, 0.15) is 39.1 Å². The summed E-state index contributed by atoms with van der Waals surface area (Å²) in [6, 6.07) is 24.3. The van der Waals surface area contributed by atoms with Gasteiger partial charge in [-0.15, -0.1) is 0 Å². The first-order chi connectivity index (χ1) is 14.6. The monoisotopic (exact) mass is 398 g/mol. The Morgan fingerprint density at radius 2 is 1.37 bits per heavy atom. The van der Waals surface area contributed by atoms with Gasteiger partial charge in [-0.1, -0.05) is 60.7 Å². The van der Waals surface area contributed by atoms with E-state index in [0.717, 1.165) is 6.42 Å². The lowest BCUT2D eigenvalue weighted by Crippen LogP contribution is -2.43. The van der Waals surface area contributed by atoms with Crippen LogP contribution < -0.4 is 5.32 Å². The highest BCUT2D eigenvalue weighted by atomic mass is 16.2. The summed E-state index contributed by atoms with van der Waals surface area (Å²) in [5.74, 6) is -0.581. The van der Waals surface area contributed by atoms with Crippen molar-refractivity contribution in [1.82, 2.24) is 4.90 Å². The largest absolute Gasteiger partial charge is 0.327 e. The molecule has 0 radical (unpaired) electrons. The number of hydrogen-bond acceptors (Lipinski definition) is 3. The summed E-state index contributed by atoms with van der Waals surface area (Å²) >= 11 is 0. The predicted octanol–water partition coefficient (Wildman–Crippen LogP) is 4.16. The van der Waals surface area contributed by atoms with E-state index in [4.69, 9.17) is 0 Å². The molecule has 5 nitrogen and oxygen atoms in total. The van der Waals surface area contributed by atoms with Crippen molar-refractivity contribution in [1.29, 1.82) is 0 Å². The van der Waals surface area contributed by atoms with Crippen molar-refractivity contribution >= 4 is 23.3 Å². The van der Waals surface area contributed by atoms with Crippen LogP contribution in [0.3, 0.4) is 0 Å². The second-order valence-electron chi connectivity index (χ2n) is 7.25. The SMILES string of the molecule is O=C(c1ccccc1)c1ccccc1NC(=O)[C@H]1CCCN1C(=O)c1ccccc1. The van der Waals surface area contributed by atoms with Crippen LogP contribution in [-0.2, 0) is 4.79 Å². The van der Waals surface area contributed by atoms with Crippen LogP contribution in [0.15, 0.2) is 84.9 Å². The highest BCUT2D eigenvalue weighted by Crippen LogP contribution is 2.24. The molecule has 3 aromatic carbocycles. The van der Waals surface area contributed by atoms with Gasteiger partial charge in [0.15, 0.2) is 5.78 Å². The van der Waals surface area contributed by atoms with Crippen LogP contribution >= 0.6 is 0 Å². The lowest BCUT2D eigenvalue weighted by molar-refractivity contribution is -0.119. The number of hydrogen-bond donors (Lipinski definition) is 1. The maximum Gasteiger partial charge on any atom is 0.254 e. The fourth-order valence-corrected chi connectivity index (χ4v) is 3.78. The van der Waals surface area contributed by atoms with Gasteiger partial charge in [0.1, 0.15) is 6.04 Å². The Bertz CT molecular complexity index is 1060. The third-order valence-corrected chi connectivity index (χ3v) is 5.30. The lowest BCUT2D eigenvalue weighted by atomic mass is 10.0. The number of likely N-dealkylation sites (tertiary alicyclic amines) is 1. The van der Waals surface area contributed by atoms with E-state index in [1.165, 1.54) is 0 Å². The molecule has 5 heteroatoms. The van der Waals surface area contributed by atoms with Crippen molar-refractivity contribution in [2.45, 2.75) is 18.9 Å². The van der Waals surface area contributed by atoms with Gasteiger partial charge in [-0.2, -0.15) is 0 Å². The van der Waals surface area contributed by atoms with E-state index < -0.39 is 6.04 Å². The third kappa shape index (κ3) is 4.01. The molecule has 1 heterocycles. The molecular weight excluding hydrogens is 376 g/mol. The number of benzene rings is 3. The first kappa shape index (κ1) is 19.6. The van der Waals surface area contributed by atoms with Gasteiger partial charge in [-0.05, 0) is 37.1 Å². The molecule has 0 aliphatic carbocycles. The number of anilines is 1. The van der Waals surface area contributed by atoms with Crippen molar-refractivity contribution in [3.8, 4) is 0 Å². The average molecular weight is 398 g/mol. The minimum atomic E-state index is -0.558. The highest BCUT2D eigenvalue weighted by Gasteiger charge is 2.34. The number of amides is 2. The molecule has 1 saturated heterocycles. The second kappa shape index (κ2) is 8.74. The zero-order chi connectivity index (χ0) is 20.9. The summed E-state index contributed by atoms with van der Waals surface area (Å²) in [5, 5.41) is 2.89. The number of carbonyl (C=O) groups is 3. The number of nitrogens with zero attached hydrogens (tertiary/aromatic N) is 1. The van der Waals surface area contributed by atoms with E-state index in [2.05, 4.69) is 5.32 Å². The maximum absolute atomic E-state index is 13.1. The molecule has 150 valence electrons. The molecule has 0 aromatic heterocycles. The van der Waals surface area contributed by atoms with Gasteiger partial charge in [-0.25, -0.2) is 0 Å². The van der Waals surface area contributed by atoms with E-state index in [0.29, 0.717) is 35.3 Å². The summed E-state index contributed by atoms with van der Waals surface area (Å²) in [6.07, 6.45) is 1.36. The van der Waals surface area contributed by atoms with E-state index in [1.54, 1.807) is 65.6 Å². The van der Waals surface area contributed by atoms with Gasteiger partial charge < -0.3 is 10.2 Å². The van der Waals surface area contributed by atoms with Crippen molar-refractivity contribution in [2.24, 2.45) is 0 Å². The molecule has 3 aromatic rings. The topological polar surface area (TPSA) is 66.5 Å². The molecule has 1 aliphatic rings. The normalized spacial score (nSPS) is 15.6. The molecule has 4 rings (SSSR count). The Morgan fingerprint density at radius 1 is 0.767 bits per heavy atom. The summed E-state index contributed by atoms with van der Waals surface area (Å²) in [4.78, 5) is 40.5. The fourth-order valence-electron chi connectivity index (χ4n) is 3.78. The van der Waals surface area contributed by atoms with Crippen molar-refractivity contribution in [3.63, 3.8) is 0 Å². The number of para-hydroxylation sites is 1. The zero-order valence-electron chi connectivity index (χ0n) is 16.5. The quantitative estimate of drug-likeness (QED) is 0.656. The average Bonchev–Trinajstić information content (AvgIpc) is 3.30. The number of ketones is 1. The van der Waals surface area contributed by atoms with Crippen LogP contribution in [0, 0.1) is 0 Å². The van der Waals surface area contributed by atoms with Gasteiger partial charge in [-0.3, -0.25) is 14.4 Å². The molecule has 1 atom stereocenters. The number of nitrogens with one attached hydrogen (secondary N) is 1. The summed E-state index contributed by atoms with van der Waals surface area (Å²) < 4.78 is 0. The summed E-state index contributed by atoms with van der Waals surface area (Å²) in [5.41, 5.74) is 2.00. The Balaban J connectivity index is 1.54. The third-order valence-electron chi connectivity index (χ3n) is 5.30. The zero-order valence-corrected chi connectivity index (χ0v) is 16.5. The second-order valence-corrected chi connectivity index (χ2v) is 7.25. The molecule has 0 spiro atoms. The molecule has 0 unspecified atom stereocenters. The predicted molar refractivity (Wildman–Crippen MR) is 115 cm³/mol. The van der Waals surface area contributed by atoms with Crippen molar-refractivity contribution in [3.05, 3.63) is 102 Å². The Morgan fingerprint density at radius 3 is 2.07 bits per heavy atom. The van der Waals surface area contributed by atoms with Crippen LogP contribution in [0.4, 0.5) is 5.69 Å². The van der Waals surface area contributed by atoms with Crippen LogP contribution in [-0.4, -0.2) is 35.1 Å². The molecule has 1 fully saturated rings. The van der Waals surface area contributed by atoms with Gasteiger partial charge >= 0.3 is 0 Å². The Labute approximate surface area is 175 Å². The van der Waals surface area contributed by atoms with Gasteiger partial charge in [0, 0.05) is 23.2 Å². The van der Waals surface area contributed by atoms with Gasteiger partial charge in [0.25, 0.3) is 5.91 Å². The number of carbonyl (C=O) groups excluding carboxylic acids is 3. The molecule has 0 saturated carbocycles. The Hall–Kier alpha value is -3.73. The Kier molecular flexibility index (Phi) is 5.70. The minimum Gasteiger partial charge on any atom is -0.327 e. The van der Waals surface area contributed by atoms with Gasteiger partial charge in [0.05, 0.1) is 5.69 Å². The molecule has 30 heavy (non-hydrogen) atoms. The summed E-state index contributed by atoms with van der Waals surface area (Å²) in [6.45, 7) is 0.538. The molecule has 2 amide bonds. The lowest BCUT2D eigenvalue weighted by Gasteiger charge is -2.24. The summed E-state index contributed by atoms with van der Waals surface area (Å²) in [7, 11) is 0. The highest BCUT2D eigenvalue weighted by molar-refractivity contribution is 6.14. The van der Waals surface area contributed by atoms with Crippen molar-refractivity contribution in [2.75, 3.05) is 11.9 Å². The van der Waals surface area contributed by atoms with E-state index >= 15 is 0 Å². The number of rotatable bonds is 5. The van der Waals surface area contributed by atoms with Crippen LogP contribution in [0.5, 0.6) is 0 Å². The van der Waals surface area contributed by atoms with E-state index in [9.17, 15) is 14.4 Å². The standard InChI is InChI=1S/C25H22N2O3/c28-23(18-10-3-1-4-11-18)20-14-7-8-15-21(20)26-24(29)22-16-9-17-27(22)25(30)19-12-5-2-6-13-19/h1-8,10-15,22H,9,16-17H2,(H,26,29)/t22-/m1/s1. The minimum absolute atomic E-state index is 0.151. The van der Waals surface area contributed by atoms with Crippen LogP contribution in [0.2, 0.25) is 0 Å². The maximum atomic E-state index is 13.1. The molecule has 1 N–H and O–H groups in total. The van der Waals surface area contributed by atoms with E-state index in [-0.39, 0.29) is 17.6 Å². The molecule has 1 aliphatic heterocycles. The molecular formula is C25H22N2O3. The fraction of sp³-hybridized carbons (Fsp3) is 0.160. The first-order valence-corrected chi connectivity index (χ1v) is 10.0. The van der Waals surface area contributed by atoms with Gasteiger partial charge in [0.2, 0.25) is 5.91 Å². The first-order valence-electron chi connectivity index (χ1n) is 10.0. The van der Waals surface area contributed by atoms with Crippen molar-refractivity contribution < 1.29 is 14.4 Å². The molecule has 0 bridgehead atoms. The van der Waals surface area contributed by atoms with E-state index in [1.807, 2.05) is 24.3 Å². The smallest absolute Gasteiger partial charge is 0.254 e.